The average molecular weight is 344 g/mol. The third-order valence-corrected chi connectivity index (χ3v) is 5.57. The van der Waals surface area contributed by atoms with E-state index in [1.165, 1.54) is 16.0 Å². The van der Waals surface area contributed by atoms with Crippen LogP contribution in [0.2, 0.25) is 5.02 Å². The maximum absolute atomic E-state index is 6.10. The molecule has 0 spiro atoms. The van der Waals surface area contributed by atoms with Crippen LogP contribution >= 0.6 is 22.9 Å². The molecule has 1 fully saturated rings. The van der Waals surface area contributed by atoms with E-state index in [0.29, 0.717) is 0 Å². The zero-order valence-corrected chi connectivity index (χ0v) is 14.6. The second-order valence-electron chi connectivity index (χ2n) is 5.92. The van der Waals surface area contributed by atoms with Crippen LogP contribution in [0.5, 0.6) is 0 Å². The van der Waals surface area contributed by atoms with Crippen LogP contribution in [0.1, 0.15) is 5.56 Å². The molecule has 1 saturated heterocycles. The van der Waals surface area contributed by atoms with Gasteiger partial charge in [0.25, 0.3) is 0 Å². The van der Waals surface area contributed by atoms with E-state index in [1.807, 2.05) is 18.2 Å². The van der Waals surface area contributed by atoms with Gasteiger partial charge in [-0.3, -0.25) is 0 Å². The van der Waals surface area contributed by atoms with Gasteiger partial charge in [-0.15, -0.1) is 0 Å². The number of hydrogen-bond acceptors (Lipinski definition) is 4. The third kappa shape index (κ3) is 3.01. The summed E-state index contributed by atoms with van der Waals surface area (Å²) in [4.78, 5) is 9.57. The highest BCUT2D eigenvalue weighted by Gasteiger charge is 2.20. The summed E-state index contributed by atoms with van der Waals surface area (Å²) in [5.74, 6) is 0. The van der Waals surface area contributed by atoms with E-state index in [-0.39, 0.29) is 0 Å². The lowest BCUT2D eigenvalue weighted by atomic mass is 10.2. The molecular weight excluding hydrogens is 326 g/mol. The minimum absolute atomic E-state index is 0.798. The van der Waals surface area contributed by atoms with E-state index in [0.717, 1.165) is 41.8 Å². The number of aryl methyl sites for hydroxylation is 1. The molecular formula is C18H18ClN3S. The Bertz CT molecular complexity index is 837. The van der Waals surface area contributed by atoms with Crippen LogP contribution in [0.3, 0.4) is 0 Å². The third-order valence-electron chi connectivity index (χ3n) is 4.26. The molecule has 3 nitrogen and oxygen atoms in total. The predicted molar refractivity (Wildman–Crippen MR) is 100 cm³/mol. The van der Waals surface area contributed by atoms with Gasteiger partial charge in [-0.05, 0) is 42.8 Å². The van der Waals surface area contributed by atoms with Gasteiger partial charge in [0.15, 0.2) is 5.13 Å². The van der Waals surface area contributed by atoms with E-state index < -0.39 is 0 Å². The highest BCUT2D eigenvalue weighted by molar-refractivity contribution is 7.22. The van der Waals surface area contributed by atoms with Crippen molar-refractivity contribution in [2.45, 2.75) is 6.92 Å². The fourth-order valence-electron chi connectivity index (χ4n) is 2.98. The summed E-state index contributed by atoms with van der Waals surface area (Å²) in [6.45, 7) is 6.10. The Morgan fingerprint density at radius 2 is 1.78 bits per heavy atom. The number of anilines is 2. The van der Waals surface area contributed by atoms with Crippen molar-refractivity contribution in [1.82, 2.24) is 4.98 Å². The molecule has 3 aromatic rings. The quantitative estimate of drug-likeness (QED) is 0.678. The Balaban J connectivity index is 1.50. The van der Waals surface area contributed by atoms with Gasteiger partial charge in [-0.1, -0.05) is 35.1 Å². The van der Waals surface area contributed by atoms with Crippen LogP contribution in [0.15, 0.2) is 42.5 Å². The van der Waals surface area contributed by atoms with E-state index in [4.69, 9.17) is 16.6 Å². The first-order valence-electron chi connectivity index (χ1n) is 7.82. The number of benzene rings is 2. The minimum Gasteiger partial charge on any atom is -0.368 e. The van der Waals surface area contributed by atoms with Crippen LogP contribution in [0, 0.1) is 6.92 Å². The number of rotatable bonds is 2. The topological polar surface area (TPSA) is 19.4 Å². The van der Waals surface area contributed by atoms with E-state index in [2.05, 4.69) is 41.0 Å². The lowest BCUT2D eigenvalue weighted by Gasteiger charge is -2.36. The Morgan fingerprint density at radius 1 is 1.00 bits per heavy atom. The van der Waals surface area contributed by atoms with Crippen molar-refractivity contribution in [3.8, 4) is 0 Å². The van der Waals surface area contributed by atoms with Crippen molar-refractivity contribution in [2.75, 3.05) is 36.0 Å². The standard InChI is InChI=1S/C18H18ClN3S/c1-13-5-6-16-17(11-13)23-18(20-16)22-9-7-21(8-10-22)15-4-2-3-14(19)12-15/h2-6,11-12H,7-10H2,1H3. The van der Waals surface area contributed by atoms with Gasteiger partial charge in [-0.25, -0.2) is 4.98 Å². The fourth-order valence-corrected chi connectivity index (χ4v) is 4.28. The van der Waals surface area contributed by atoms with Gasteiger partial charge in [0.1, 0.15) is 0 Å². The highest BCUT2D eigenvalue weighted by atomic mass is 35.5. The predicted octanol–water partition coefficient (Wildman–Crippen LogP) is 4.58. The minimum atomic E-state index is 0.798. The molecule has 23 heavy (non-hydrogen) atoms. The zero-order valence-electron chi connectivity index (χ0n) is 13.0. The Labute approximate surface area is 145 Å². The molecule has 1 aliphatic heterocycles. The Morgan fingerprint density at radius 3 is 2.57 bits per heavy atom. The fraction of sp³-hybridized carbons (Fsp3) is 0.278. The summed E-state index contributed by atoms with van der Waals surface area (Å²) in [5, 5.41) is 1.93. The van der Waals surface area contributed by atoms with Gasteiger partial charge >= 0.3 is 0 Å². The van der Waals surface area contributed by atoms with Gasteiger partial charge in [0.05, 0.1) is 10.2 Å². The molecule has 0 bridgehead atoms. The van der Waals surface area contributed by atoms with Crippen molar-refractivity contribution in [3.05, 3.63) is 53.1 Å². The zero-order chi connectivity index (χ0) is 15.8. The number of hydrogen-bond donors (Lipinski definition) is 0. The maximum atomic E-state index is 6.10. The first kappa shape index (κ1) is 14.8. The number of thiazole rings is 1. The summed E-state index contributed by atoms with van der Waals surface area (Å²) in [6, 6.07) is 14.6. The second-order valence-corrected chi connectivity index (χ2v) is 7.37. The summed E-state index contributed by atoms with van der Waals surface area (Å²) in [6.07, 6.45) is 0. The highest BCUT2D eigenvalue weighted by Crippen LogP contribution is 2.30. The number of nitrogens with zero attached hydrogens (tertiary/aromatic N) is 3. The summed E-state index contributed by atoms with van der Waals surface area (Å²) >= 11 is 7.89. The molecule has 0 saturated carbocycles. The molecule has 2 aromatic carbocycles. The first-order chi connectivity index (χ1) is 11.2. The van der Waals surface area contributed by atoms with Gasteiger partial charge in [0.2, 0.25) is 0 Å². The molecule has 118 valence electrons. The summed E-state index contributed by atoms with van der Waals surface area (Å²) in [5.41, 5.74) is 3.60. The summed E-state index contributed by atoms with van der Waals surface area (Å²) < 4.78 is 1.28. The smallest absolute Gasteiger partial charge is 0.186 e. The van der Waals surface area contributed by atoms with Crippen molar-refractivity contribution in [1.29, 1.82) is 0 Å². The molecule has 1 aliphatic rings. The van der Waals surface area contributed by atoms with E-state index in [9.17, 15) is 0 Å². The monoisotopic (exact) mass is 343 g/mol. The molecule has 2 heterocycles. The second kappa shape index (κ2) is 6.02. The number of aromatic nitrogens is 1. The van der Waals surface area contributed by atoms with Crippen LogP contribution in [-0.2, 0) is 0 Å². The van der Waals surface area contributed by atoms with Crippen LogP contribution in [-0.4, -0.2) is 31.2 Å². The molecule has 1 aromatic heterocycles. The number of piperazine rings is 1. The van der Waals surface area contributed by atoms with E-state index in [1.54, 1.807) is 11.3 Å². The van der Waals surface area contributed by atoms with Gasteiger partial charge < -0.3 is 9.80 Å². The molecule has 0 atom stereocenters. The maximum Gasteiger partial charge on any atom is 0.186 e. The van der Waals surface area contributed by atoms with Crippen LogP contribution < -0.4 is 9.80 Å². The number of fused-ring (bicyclic) bond motifs is 1. The molecule has 0 aliphatic carbocycles. The lowest BCUT2D eigenvalue weighted by Crippen LogP contribution is -2.46. The molecule has 0 amide bonds. The largest absolute Gasteiger partial charge is 0.368 e. The Kier molecular flexibility index (Phi) is 3.87. The van der Waals surface area contributed by atoms with Gasteiger partial charge in [0, 0.05) is 36.9 Å². The Hall–Kier alpha value is -1.78. The van der Waals surface area contributed by atoms with Crippen molar-refractivity contribution < 1.29 is 0 Å². The SMILES string of the molecule is Cc1ccc2nc(N3CCN(c4cccc(Cl)c4)CC3)sc2c1. The van der Waals surface area contributed by atoms with Crippen molar-refractivity contribution >= 4 is 44.0 Å². The molecule has 0 unspecified atom stereocenters. The average Bonchev–Trinajstić information content (AvgIpc) is 2.98. The lowest BCUT2D eigenvalue weighted by molar-refractivity contribution is 0.652. The molecule has 4 rings (SSSR count). The normalized spacial score (nSPS) is 15.4. The molecule has 0 radical (unpaired) electrons. The first-order valence-corrected chi connectivity index (χ1v) is 9.01. The van der Waals surface area contributed by atoms with Gasteiger partial charge in [-0.2, -0.15) is 0 Å². The molecule has 0 N–H and O–H groups in total. The summed E-state index contributed by atoms with van der Waals surface area (Å²) in [7, 11) is 0. The molecule has 5 heteroatoms. The van der Waals surface area contributed by atoms with Crippen LogP contribution in [0.4, 0.5) is 10.8 Å². The van der Waals surface area contributed by atoms with Crippen molar-refractivity contribution in [3.63, 3.8) is 0 Å². The number of halogens is 1. The van der Waals surface area contributed by atoms with Crippen LogP contribution in [0.25, 0.3) is 10.2 Å². The van der Waals surface area contributed by atoms with E-state index >= 15 is 0 Å². The van der Waals surface area contributed by atoms with Crippen molar-refractivity contribution in [2.24, 2.45) is 0 Å².